The van der Waals surface area contributed by atoms with E-state index in [0.717, 1.165) is 6.42 Å². The van der Waals surface area contributed by atoms with E-state index in [1.54, 1.807) is 24.0 Å². The number of aromatic nitrogens is 2. The van der Waals surface area contributed by atoms with Crippen LogP contribution < -0.4 is 0 Å². The van der Waals surface area contributed by atoms with E-state index in [4.69, 9.17) is 0 Å². The van der Waals surface area contributed by atoms with Crippen LogP contribution in [0, 0.1) is 5.92 Å². The highest BCUT2D eigenvalue weighted by Crippen LogP contribution is 2.42. The van der Waals surface area contributed by atoms with Gasteiger partial charge in [-0.1, -0.05) is 30.3 Å². The lowest BCUT2D eigenvalue weighted by atomic mass is 9.82. The highest BCUT2D eigenvalue weighted by molar-refractivity contribution is 5.92. The summed E-state index contributed by atoms with van der Waals surface area (Å²) in [4.78, 5) is 33.1. The molecule has 1 aromatic heterocycles. The molecule has 0 aliphatic carbocycles. The molecule has 0 radical (unpaired) electrons. The van der Waals surface area contributed by atoms with Crippen LogP contribution in [0.3, 0.4) is 0 Å². The van der Waals surface area contributed by atoms with Crippen molar-refractivity contribution in [1.82, 2.24) is 19.4 Å². The van der Waals surface area contributed by atoms with Gasteiger partial charge >= 0.3 is 0 Å². The van der Waals surface area contributed by atoms with Gasteiger partial charge in [0.1, 0.15) is 5.69 Å². The molecule has 2 saturated heterocycles. The van der Waals surface area contributed by atoms with Crippen molar-refractivity contribution >= 4 is 11.8 Å². The number of amides is 2. The topological polar surface area (TPSA) is 58.4 Å². The molecule has 0 unspecified atom stereocenters. The number of rotatable bonds is 2. The second kappa shape index (κ2) is 6.59. The minimum atomic E-state index is -0.00435. The number of carbonyl (C=O) groups is 2. The summed E-state index contributed by atoms with van der Waals surface area (Å²) < 4.78 is 1.80. The molecule has 1 aromatic carbocycles. The Morgan fingerprint density at radius 2 is 1.92 bits per heavy atom. The molecule has 0 bridgehead atoms. The first kappa shape index (κ1) is 16.8. The second-order valence-electron chi connectivity index (χ2n) is 7.38. The Labute approximate surface area is 153 Å². The Kier molecular flexibility index (Phi) is 4.26. The van der Waals surface area contributed by atoms with Gasteiger partial charge < -0.3 is 14.4 Å². The molecule has 3 atom stereocenters. The molecule has 6 heteroatoms. The van der Waals surface area contributed by atoms with E-state index in [-0.39, 0.29) is 29.7 Å². The first-order valence-corrected chi connectivity index (χ1v) is 9.14. The van der Waals surface area contributed by atoms with Crippen LogP contribution >= 0.6 is 0 Å². The Hall–Kier alpha value is -2.63. The van der Waals surface area contributed by atoms with Gasteiger partial charge in [0.2, 0.25) is 5.91 Å². The second-order valence-corrected chi connectivity index (χ2v) is 7.38. The summed E-state index contributed by atoms with van der Waals surface area (Å²) in [6, 6.07) is 10.5. The molecule has 2 aliphatic rings. The van der Waals surface area contributed by atoms with E-state index < -0.39 is 0 Å². The molecule has 26 heavy (non-hydrogen) atoms. The van der Waals surface area contributed by atoms with Crippen LogP contribution in [-0.4, -0.2) is 56.8 Å². The molecule has 2 fully saturated rings. The predicted molar refractivity (Wildman–Crippen MR) is 97.6 cm³/mol. The lowest BCUT2D eigenvalue weighted by Crippen LogP contribution is -2.49. The number of aryl methyl sites for hydroxylation is 1. The number of benzene rings is 1. The van der Waals surface area contributed by atoms with Crippen LogP contribution in [0.1, 0.15) is 35.3 Å². The Bertz CT molecular complexity index is 816. The third-order valence-corrected chi connectivity index (χ3v) is 5.79. The van der Waals surface area contributed by atoms with Crippen LogP contribution in [0.15, 0.2) is 42.9 Å². The van der Waals surface area contributed by atoms with Gasteiger partial charge in [-0.3, -0.25) is 9.59 Å². The number of hydrogen-bond donors (Lipinski definition) is 0. The van der Waals surface area contributed by atoms with Crippen molar-refractivity contribution in [2.45, 2.75) is 25.3 Å². The number of likely N-dealkylation sites (tertiary alicyclic amines) is 2. The average molecular weight is 352 g/mol. The van der Waals surface area contributed by atoms with Gasteiger partial charge in [0, 0.05) is 57.7 Å². The van der Waals surface area contributed by atoms with Crippen molar-refractivity contribution in [1.29, 1.82) is 0 Å². The van der Waals surface area contributed by atoms with E-state index in [2.05, 4.69) is 17.1 Å². The normalized spacial score (nSPS) is 25.2. The molecule has 6 nitrogen and oxygen atoms in total. The summed E-state index contributed by atoms with van der Waals surface area (Å²) in [5.74, 6) is 0.624. The summed E-state index contributed by atoms with van der Waals surface area (Å²) in [7, 11) is 1.87. The third-order valence-electron chi connectivity index (χ3n) is 5.79. The number of piperidine rings is 1. The zero-order valence-electron chi connectivity index (χ0n) is 15.2. The fraction of sp³-hybridized carbons (Fsp3) is 0.450. The van der Waals surface area contributed by atoms with Gasteiger partial charge in [0.05, 0.1) is 6.33 Å². The molecule has 3 heterocycles. The molecular formula is C20H24N4O2. The van der Waals surface area contributed by atoms with Crippen LogP contribution in [0.5, 0.6) is 0 Å². The van der Waals surface area contributed by atoms with E-state index in [1.807, 2.05) is 35.0 Å². The minimum Gasteiger partial charge on any atom is -0.342 e. The van der Waals surface area contributed by atoms with Crippen molar-refractivity contribution in [2.24, 2.45) is 13.0 Å². The summed E-state index contributed by atoms with van der Waals surface area (Å²) in [6.07, 6.45) is 4.26. The quantitative estimate of drug-likeness (QED) is 0.829. The Morgan fingerprint density at radius 3 is 2.58 bits per heavy atom. The summed E-state index contributed by atoms with van der Waals surface area (Å²) >= 11 is 0. The van der Waals surface area contributed by atoms with E-state index >= 15 is 0 Å². The van der Waals surface area contributed by atoms with E-state index in [0.29, 0.717) is 25.3 Å². The lowest BCUT2D eigenvalue weighted by molar-refractivity contribution is -0.131. The third kappa shape index (κ3) is 2.89. The average Bonchev–Trinajstić information content (AvgIpc) is 3.25. The van der Waals surface area contributed by atoms with Crippen LogP contribution in [0.25, 0.3) is 0 Å². The van der Waals surface area contributed by atoms with Crippen molar-refractivity contribution in [3.05, 3.63) is 54.1 Å². The van der Waals surface area contributed by atoms with Crippen LogP contribution in [0.2, 0.25) is 0 Å². The highest BCUT2D eigenvalue weighted by Gasteiger charge is 2.47. The molecule has 0 spiro atoms. The van der Waals surface area contributed by atoms with Crippen molar-refractivity contribution < 1.29 is 9.59 Å². The molecule has 0 N–H and O–H groups in total. The SMILES string of the molecule is CC(=O)N1CC[C@@H]2[C@H](C1)[C@@H](c1ccccc1)CN2C(=O)c1cn(C)cn1. The number of nitrogens with zero attached hydrogens (tertiary/aromatic N) is 4. The van der Waals surface area contributed by atoms with Gasteiger partial charge in [-0.15, -0.1) is 0 Å². The largest absolute Gasteiger partial charge is 0.342 e. The Morgan fingerprint density at radius 1 is 1.15 bits per heavy atom. The van der Waals surface area contributed by atoms with Gasteiger partial charge in [-0.25, -0.2) is 4.98 Å². The predicted octanol–water partition coefficient (Wildman–Crippen LogP) is 1.90. The zero-order valence-corrected chi connectivity index (χ0v) is 15.2. The Balaban J connectivity index is 1.65. The van der Waals surface area contributed by atoms with Crippen LogP contribution in [0.4, 0.5) is 0 Å². The van der Waals surface area contributed by atoms with Gasteiger partial charge in [-0.2, -0.15) is 0 Å². The maximum Gasteiger partial charge on any atom is 0.274 e. The van der Waals surface area contributed by atoms with Gasteiger partial charge in [0.15, 0.2) is 0 Å². The molecular weight excluding hydrogens is 328 g/mol. The van der Waals surface area contributed by atoms with E-state index in [9.17, 15) is 9.59 Å². The van der Waals surface area contributed by atoms with Crippen molar-refractivity contribution in [3.8, 4) is 0 Å². The fourth-order valence-corrected chi connectivity index (χ4v) is 4.48. The maximum atomic E-state index is 13.1. The smallest absolute Gasteiger partial charge is 0.274 e. The molecule has 4 rings (SSSR count). The molecule has 2 amide bonds. The van der Waals surface area contributed by atoms with Crippen LogP contribution in [-0.2, 0) is 11.8 Å². The van der Waals surface area contributed by atoms with Gasteiger partial charge in [-0.05, 0) is 12.0 Å². The standard InChI is InChI=1S/C20H24N4O2/c1-14(25)23-9-8-19-17(10-23)16(15-6-4-3-5-7-15)11-24(19)20(26)18-12-22(2)13-21-18/h3-7,12-13,16-17,19H,8-11H2,1-2H3/t16-,17-,19-/m1/s1. The summed E-state index contributed by atoms with van der Waals surface area (Å²) in [6.45, 7) is 3.74. The fourth-order valence-electron chi connectivity index (χ4n) is 4.48. The molecule has 136 valence electrons. The maximum absolute atomic E-state index is 13.1. The zero-order chi connectivity index (χ0) is 18.3. The van der Waals surface area contributed by atoms with Gasteiger partial charge in [0.25, 0.3) is 5.91 Å². The number of hydrogen-bond acceptors (Lipinski definition) is 3. The van der Waals surface area contributed by atoms with Crippen molar-refractivity contribution in [3.63, 3.8) is 0 Å². The monoisotopic (exact) mass is 352 g/mol. The number of carbonyl (C=O) groups excluding carboxylic acids is 2. The highest BCUT2D eigenvalue weighted by atomic mass is 16.2. The summed E-state index contributed by atoms with van der Waals surface area (Å²) in [5, 5.41) is 0. The first-order chi connectivity index (χ1) is 12.5. The lowest BCUT2D eigenvalue weighted by Gasteiger charge is -2.38. The molecule has 2 aromatic rings. The molecule has 2 aliphatic heterocycles. The minimum absolute atomic E-state index is 0.00435. The summed E-state index contributed by atoms with van der Waals surface area (Å²) in [5.41, 5.74) is 1.73. The number of imidazole rings is 1. The first-order valence-electron chi connectivity index (χ1n) is 9.14. The molecule has 0 saturated carbocycles. The van der Waals surface area contributed by atoms with Crippen molar-refractivity contribution in [2.75, 3.05) is 19.6 Å². The number of fused-ring (bicyclic) bond motifs is 1. The van der Waals surface area contributed by atoms with E-state index in [1.165, 1.54) is 5.56 Å².